The maximum absolute atomic E-state index is 12.6. The number of likely N-dealkylation sites (tertiary alicyclic amines) is 1. The van der Waals surface area contributed by atoms with Crippen LogP contribution in [0.5, 0.6) is 0 Å². The minimum Gasteiger partial charge on any atom is -0.342 e. The van der Waals surface area contributed by atoms with Crippen molar-refractivity contribution in [1.82, 2.24) is 9.47 Å². The first-order valence-electron chi connectivity index (χ1n) is 7.39. The molecule has 2 N–H and O–H groups in total. The van der Waals surface area contributed by atoms with Crippen molar-refractivity contribution in [3.05, 3.63) is 18.0 Å². The van der Waals surface area contributed by atoms with E-state index < -0.39 is 10.0 Å². The zero-order valence-electron chi connectivity index (χ0n) is 12.6. The molecule has 0 radical (unpaired) electrons. The van der Waals surface area contributed by atoms with Gasteiger partial charge >= 0.3 is 0 Å². The molecule has 0 bridgehead atoms. The van der Waals surface area contributed by atoms with E-state index in [2.05, 4.69) is 6.92 Å². The summed E-state index contributed by atoms with van der Waals surface area (Å²) in [5.74, 6) is 0.451. The summed E-state index contributed by atoms with van der Waals surface area (Å²) in [5, 5.41) is 5.14. The molecule has 2 rings (SSSR count). The second-order valence-corrected chi connectivity index (χ2v) is 7.15. The molecule has 1 amide bonds. The molecule has 1 atom stereocenters. The fourth-order valence-corrected chi connectivity index (χ4v) is 3.45. The van der Waals surface area contributed by atoms with Crippen molar-refractivity contribution >= 4 is 15.9 Å². The summed E-state index contributed by atoms with van der Waals surface area (Å²) in [7, 11) is -3.78. The quantitative estimate of drug-likeness (QED) is 0.892. The first kappa shape index (κ1) is 16.0. The van der Waals surface area contributed by atoms with Gasteiger partial charge in [-0.05, 0) is 31.7 Å². The molecule has 1 saturated heterocycles. The van der Waals surface area contributed by atoms with Crippen molar-refractivity contribution in [2.45, 2.75) is 44.6 Å². The summed E-state index contributed by atoms with van der Waals surface area (Å²) in [6.07, 6.45) is 4.70. The lowest BCUT2D eigenvalue weighted by molar-refractivity contribution is 0.0776. The molecule has 7 heteroatoms. The van der Waals surface area contributed by atoms with Gasteiger partial charge in [0.15, 0.2) is 0 Å². The third kappa shape index (κ3) is 3.47. The normalized spacial score (nSPS) is 19.2. The summed E-state index contributed by atoms with van der Waals surface area (Å²) in [5.41, 5.74) is 0.402. The van der Waals surface area contributed by atoms with Crippen LogP contribution >= 0.6 is 0 Å². The molecule has 1 fully saturated rings. The van der Waals surface area contributed by atoms with E-state index in [0.717, 1.165) is 32.4 Å². The molecule has 2 heterocycles. The fourth-order valence-electron chi connectivity index (χ4n) is 2.90. The Morgan fingerprint density at radius 1 is 1.43 bits per heavy atom. The van der Waals surface area contributed by atoms with Gasteiger partial charge in [0.05, 0.1) is 0 Å². The number of aryl methyl sites for hydroxylation is 1. The van der Waals surface area contributed by atoms with E-state index in [4.69, 9.17) is 5.14 Å². The summed E-state index contributed by atoms with van der Waals surface area (Å²) >= 11 is 0. The molecule has 6 nitrogen and oxygen atoms in total. The first-order chi connectivity index (χ1) is 9.86. The van der Waals surface area contributed by atoms with E-state index >= 15 is 0 Å². The Kier molecular flexibility index (Phi) is 4.73. The van der Waals surface area contributed by atoms with Crippen molar-refractivity contribution in [2.24, 2.45) is 11.1 Å². The maximum Gasteiger partial charge on any atom is 0.270 e. The van der Waals surface area contributed by atoms with Crippen molar-refractivity contribution in [1.29, 1.82) is 0 Å². The molecule has 0 aliphatic carbocycles. The average molecular weight is 313 g/mol. The van der Waals surface area contributed by atoms with Gasteiger partial charge in [0, 0.05) is 25.8 Å². The number of sulfonamides is 1. The number of carbonyl (C=O) groups is 1. The molecule has 0 spiro atoms. The van der Waals surface area contributed by atoms with E-state index in [-0.39, 0.29) is 10.8 Å². The van der Waals surface area contributed by atoms with Crippen LogP contribution in [0.25, 0.3) is 0 Å². The van der Waals surface area contributed by atoms with Crippen LogP contribution in [-0.2, 0) is 16.6 Å². The van der Waals surface area contributed by atoms with Gasteiger partial charge < -0.3 is 9.47 Å². The van der Waals surface area contributed by atoms with Crippen molar-refractivity contribution in [2.75, 3.05) is 13.1 Å². The van der Waals surface area contributed by atoms with Crippen LogP contribution in [0.1, 0.15) is 43.6 Å². The molecule has 1 unspecified atom stereocenters. The Hall–Kier alpha value is -1.34. The zero-order chi connectivity index (χ0) is 15.6. The minimum absolute atomic E-state index is 0.00277. The van der Waals surface area contributed by atoms with Crippen molar-refractivity contribution in [3.63, 3.8) is 0 Å². The van der Waals surface area contributed by atoms with E-state index in [9.17, 15) is 13.2 Å². The monoisotopic (exact) mass is 313 g/mol. The van der Waals surface area contributed by atoms with E-state index in [1.807, 2.05) is 11.8 Å². The summed E-state index contributed by atoms with van der Waals surface area (Å²) < 4.78 is 24.5. The predicted octanol–water partition coefficient (Wildman–Crippen LogP) is 1.42. The minimum atomic E-state index is -3.78. The molecule has 1 aliphatic heterocycles. The Morgan fingerprint density at radius 2 is 2.14 bits per heavy atom. The number of hydrogen-bond acceptors (Lipinski definition) is 3. The highest BCUT2D eigenvalue weighted by atomic mass is 32.2. The molecule has 118 valence electrons. The van der Waals surface area contributed by atoms with Crippen LogP contribution in [-0.4, -0.2) is 36.9 Å². The van der Waals surface area contributed by atoms with Gasteiger partial charge in [0.1, 0.15) is 10.6 Å². The van der Waals surface area contributed by atoms with Crippen LogP contribution < -0.4 is 5.14 Å². The topological polar surface area (TPSA) is 85.4 Å². The predicted molar refractivity (Wildman–Crippen MR) is 80.4 cm³/mol. The summed E-state index contributed by atoms with van der Waals surface area (Å²) in [6.45, 7) is 6.04. The molecule has 1 aliphatic rings. The fraction of sp³-hybridized carbons (Fsp3) is 0.643. The molecular weight excluding hydrogens is 290 g/mol. The lowest BCUT2D eigenvalue weighted by Gasteiger charge is -2.17. The number of hydrogen-bond donors (Lipinski definition) is 1. The van der Waals surface area contributed by atoms with Gasteiger partial charge in [-0.1, -0.05) is 13.3 Å². The number of primary sulfonamides is 1. The largest absolute Gasteiger partial charge is 0.342 e. The van der Waals surface area contributed by atoms with Crippen molar-refractivity contribution in [3.8, 4) is 0 Å². The Bertz CT molecular complexity index is 621. The number of aromatic nitrogens is 1. The smallest absolute Gasteiger partial charge is 0.270 e. The third-order valence-electron chi connectivity index (χ3n) is 4.03. The summed E-state index contributed by atoms with van der Waals surface area (Å²) in [6, 6.07) is 1.38. The SMILES string of the molecule is CCCC1CCN(C(=O)c2cc(S(N)(=O)=O)cn2CC)C1. The third-order valence-corrected chi connectivity index (χ3v) is 4.91. The standard InChI is InChI=1S/C14H23N3O3S/c1-3-5-11-6-7-17(9-11)14(18)13-8-12(21(15,19)20)10-16(13)4-2/h8,10-11H,3-7,9H2,1-2H3,(H2,15,19,20). The van der Waals surface area contributed by atoms with Crippen molar-refractivity contribution < 1.29 is 13.2 Å². The molecule has 0 saturated carbocycles. The highest BCUT2D eigenvalue weighted by molar-refractivity contribution is 7.89. The average Bonchev–Trinajstić information content (AvgIpc) is 3.03. The summed E-state index contributed by atoms with van der Waals surface area (Å²) in [4.78, 5) is 14.4. The number of nitrogens with two attached hydrogens (primary N) is 1. The second kappa shape index (κ2) is 6.19. The van der Waals surface area contributed by atoms with E-state index in [0.29, 0.717) is 18.2 Å². The number of carbonyl (C=O) groups excluding carboxylic acids is 1. The van der Waals surface area contributed by atoms with E-state index in [1.165, 1.54) is 12.3 Å². The van der Waals surface area contributed by atoms with E-state index in [1.54, 1.807) is 4.57 Å². The number of rotatable bonds is 5. The molecule has 0 aromatic carbocycles. The highest BCUT2D eigenvalue weighted by Gasteiger charge is 2.28. The number of amides is 1. The van der Waals surface area contributed by atoms with Gasteiger partial charge in [0.2, 0.25) is 10.0 Å². The van der Waals surface area contributed by atoms with Crippen LogP contribution in [0.3, 0.4) is 0 Å². The second-order valence-electron chi connectivity index (χ2n) is 5.59. The molecule has 1 aromatic heterocycles. The maximum atomic E-state index is 12.6. The Labute approximate surface area is 126 Å². The van der Waals surface area contributed by atoms with Gasteiger partial charge in [-0.3, -0.25) is 4.79 Å². The van der Waals surface area contributed by atoms with Gasteiger partial charge in [-0.15, -0.1) is 0 Å². The van der Waals surface area contributed by atoms with Crippen LogP contribution in [0.2, 0.25) is 0 Å². The van der Waals surface area contributed by atoms with Gasteiger partial charge in [-0.25, -0.2) is 13.6 Å². The number of nitrogens with zero attached hydrogens (tertiary/aromatic N) is 2. The lowest BCUT2D eigenvalue weighted by atomic mass is 10.0. The van der Waals surface area contributed by atoms with Gasteiger partial charge in [0.25, 0.3) is 5.91 Å². The first-order valence-corrected chi connectivity index (χ1v) is 8.93. The Morgan fingerprint density at radius 3 is 2.71 bits per heavy atom. The molecule has 1 aromatic rings. The molecule has 21 heavy (non-hydrogen) atoms. The molecular formula is C14H23N3O3S. The zero-order valence-corrected chi connectivity index (χ0v) is 13.4. The van der Waals surface area contributed by atoms with Crippen LogP contribution in [0, 0.1) is 5.92 Å². The van der Waals surface area contributed by atoms with Crippen LogP contribution in [0.4, 0.5) is 0 Å². The van der Waals surface area contributed by atoms with Crippen LogP contribution in [0.15, 0.2) is 17.2 Å². The van der Waals surface area contributed by atoms with Gasteiger partial charge in [-0.2, -0.15) is 0 Å². The Balaban J connectivity index is 2.22. The lowest BCUT2D eigenvalue weighted by Crippen LogP contribution is -2.30. The highest BCUT2D eigenvalue weighted by Crippen LogP contribution is 2.23.